The molecular weight excluding hydrogens is 336 g/mol. The number of carbonyl (C=O) groups is 2. The molecule has 3 rings (SSSR count). The van der Waals surface area contributed by atoms with Gasteiger partial charge in [0, 0.05) is 23.7 Å². The van der Waals surface area contributed by atoms with Gasteiger partial charge in [0.2, 0.25) is 11.1 Å². The highest BCUT2D eigenvalue weighted by atomic mass is 32.2. The average Bonchev–Trinajstić information content (AvgIpc) is 3.09. The molecule has 0 atom stereocenters. The molecule has 0 saturated heterocycles. The molecule has 3 aromatic rings. The number of aromatic nitrogens is 3. The summed E-state index contributed by atoms with van der Waals surface area (Å²) in [4.78, 5) is 27.5. The fourth-order valence-corrected chi connectivity index (χ4v) is 2.89. The van der Waals surface area contributed by atoms with E-state index >= 15 is 0 Å². The van der Waals surface area contributed by atoms with Crippen molar-refractivity contribution in [1.82, 2.24) is 15.2 Å². The van der Waals surface area contributed by atoms with Crippen LogP contribution in [0.1, 0.15) is 17.3 Å². The van der Waals surface area contributed by atoms with Crippen LogP contribution in [0, 0.1) is 0 Å². The first kappa shape index (κ1) is 16.9. The van der Waals surface area contributed by atoms with E-state index in [1.165, 1.54) is 18.7 Å². The molecule has 0 aliphatic rings. The van der Waals surface area contributed by atoms with Crippen LogP contribution < -0.4 is 5.32 Å². The average molecular weight is 352 g/mol. The van der Waals surface area contributed by atoms with Crippen LogP contribution in [0.2, 0.25) is 0 Å². The minimum atomic E-state index is -0.116. The fourth-order valence-electron chi connectivity index (χ4n) is 2.19. The van der Waals surface area contributed by atoms with Gasteiger partial charge in [-0.15, -0.1) is 5.10 Å². The van der Waals surface area contributed by atoms with Crippen LogP contribution in [0.15, 0.2) is 59.8 Å². The molecular formula is C18H16N4O2S. The van der Waals surface area contributed by atoms with Gasteiger partial charge in [0.05, 0.1) is 5.75 Å². The number of H-pyrrole nitrogens is 1. The van der Waals surface area contributed by atoms with Crippen LogP contribution in [-0.2, 0) is 4.79 Å². The maximum atomic E-state index is 12.1. The number of rotatable bonds is 6. The number of amides is 1. The molecule has 0 spiro atoms. The van der Waals surface area contributed by atoms with Crippen LogP contribution in [-0.4, -0.2) is 32.6 Å². The highest BCUT2D eigenvalue weighted by molar-refractivity contribution is 7.99. The zero-order valence-corrected chi connectivity index (χ0v) is 14.3. The van der Waals surface area contributed by atoms with E-state index in [1.807, 2.05) is 30.3 Å². The third-order valence-electron chi connectivity index (χ3n) is 3.37. The minimum absolute atomic E-state index is 0.0385. The quantitative estimate of drug-likeness (QED) is 0.524. The highest BCUT2D eigenvalue weighted by Crippen LogP contribution is 2.21. The first-order valence-electron chi connectivity index (χ1n) is 7.63. The number of nitrogens with zero attached hydrogens (tertiary/aromatic N) is 2. The van der Waals surface area contributed by atoms with Gasteiger partial charge in [-0.3, -0.25) is 14.7 Å². The molecule has 126 valence electrons. The molecule has 0 bridgehead atoms. The Morgan fingerprint density at radius 3 is 2.48 bits per heavy atom. The monoisotopic (exact) mass is 352 g/mol. The molecule has 25 heavy (non-hydrogen) atoms. The van der Waals surface area contributed by atoms with Gasteiger partial charge in [0.1, 0.15) is 0 Å². The zero-order chi connectivity index (χ0) is 17.6. The second-order valence-electron chi connectivity index (χ2n) is 5.30. The summed E-state index contributed by atoms with van der Waals surface area (Å²) in [6, 6.07) is 16.4. The van der Waals surface area contributed by atoms with Gasteiger partial charge in [0.15, 0.2) is 11.6 Å². The van der Waals surface area contributed by atoms with Crippen LogP contribution in [0.4, 0.5) is 5.69 Å². The number of hydrogen-bond acceptors (Lipinski definition) is 5. The standard InChI is InChI=1S/C18H16N4O2S/c1-12(23)19-15-9-7-14(8-10-15)17-20-18(22-21-17)25-11-16(24)13-5-3-2-4-6-13/h2-10H,11H2,1H3,(H,19,23)(H,20,21,22). The van der Waals surface area contributed by atoms with E-state index < -0.39 is 0 Å². The second kappa shape index (κ2) is 7.76. The van der Waals surface area contributed by atoms with Gasteiger partial charge < -0.3 is 5.32 Å². The number of ketones is 1. The van der Waals surface area contributed by atoms with Gasteiger partial charge in [-0.1, -0.05) is 42.1 Å². The van der Waals surface area contributed by atoms with E-state index in [4.69, 9.17) is 0 Å². The predicted molar refractivity (Wildman–Crippen MR) is 97.6 cm³/mol. The van der Waals surface area contributed by atoms with Gasteiger partial charge in [-0.25, -0.2) is 4.98 Å². The lowest BCUT2D eigenvalue weighted by molar-refractivity contribution is -0.114. The van der Waals surface area contributed by atoms with Crippen LogP contribution in [0.5, 0.6) is 0 Å². The van der Waals surface area contributed by atoms with Crippen LogP contribution >= 0.6 is 11.8 Å². The van der Waals surface area contributed by atoms with Crippen molar-refractivity contribution in [2.24, 2.45) is 0 Å². The summed E-state index contributed by atoms with van der Waals surface area (Å²) in [5.74, 6) is 0.817. The molecule has 1 amide bonds. The van der Waals surface area contributed by atoms with E-state index in [9.17, 15) is 9.59 Å². The van der Waals surface area contributed by atoms with Gasteiger partial charge in [-0.05, 0) is 24.3 Å². The smallest absolute Gasteiger partial charge is 0.221 e. The number of aromatic amines is 1. The molecule has 0 unspecified atom stereocenters. The number of Topliss-reactive ketones (excluding diaryl/α,β-unsaturated/α-hetero) is 1. The van der Waals surface area contributed by atoms with Gasteiger partial charge >= 0.3 is 0 Å². The highest BCUT2D eigenvalue weighted by Gasteiger charge is 2.10. The van der Waals surface area contributed by atoms with E-state index in [-0.39, 0.29) is 17.4 Å². The molecule has 0 aliphatic carbocycles. The third-order valence-corrected chi connectivity index (χ3v) is 4.22. The molecule has 2 aromatic carbocycles. The Kier molecular flexibility index (Phi) is 5.25. The SMILES string of the molecule is CC(=O)Nc1ccc(-c2nc(SCC(=O)c3ccccc3)n[nH]2)cc1. The molecule has 0 aliphatic heterocycles. The Balaban J connectivity index is 1.62. The molecule has 0 saturated carbocycles. The summed E-state index contributed by atoms with van der Waals surface area (Å²) >= 11 is 1.29. The van der Waals surface area contributed by atoms with Crippen molar-refractivity contribution in [3.63, 3.8) is 0 Å². The van der Waals surface area contributed by atoms with E-state index in [0.717, 1.165) is 11.3 Å². The summed E-state index contributed by atoms with van der Waals surface area (Å²) in [7, 11) is 0. The van der Waals surface area contributed by atoms with Crippen molar-refractivity contribution in [1.29, 1.82) is 0 Å². The number of thioether (sulfide) groups is 1. The lowest BCUT2D eigenvalue weighted by atomic mass is 10.2. The van der Waals surface area contributed by atoms with E-state index in [1.54, 1.807) is 24.3 Å². The lowest BCUT2D eigenvalue weighted by Gasteiger charge is -2.02. The minimum Gasteiger partial charge on any atom is -0.326 e. The molecule has 1 aromatic heterocycles. The number of anilines is 1. The molecule has 1 heterocycles. The van der Waals surface area contributed by atoms with Gasteiger partial charge in [0.25, 0.3) is 0 Å². The lowest BCUT2D eigenvalue weighted by Crippen LogP contribution is -2.05. The molecule has 0 radical (unpaired) electrons. The molecule has 7 heteroatoms. The Hall–Kier alpha value is -2.93. The van der Waals surface area contributed by atoms with Crippen molar-refractivity contribution in [2.75, 3.05) is 11.1 Å². The second-order valence-corrected chi connectivity index (χ2v) is 6.25. The number of carbonyl (C=O) groups excluding carboxylic acids is 2. The largest absolute Gasteiger partial charge is 0.326 e. The Labute approximate surface area is 149 Å². The summed E-state index contributed by atoms with van der Waals surface area (Å²) in [5.41, 5.74) is 2.25. The van der Waals surface area contributed by atoms with E-state index in [2.05, 4.69) is 20.5 Å². The molecule has 6 nitrogen and oxygen atoms in total. The third kappa shape index (κ3) is 4.54. The van der Waals surface area contributed by atoms with Crippen molar-refractivity contribution in [3.8, 4) is 11.4 Å². The van der Waals surface area contributed by atoms with E-state index in [0.29, 0.717) is 16.5 Å². The normalized spacial score (nSPS) is 10.4. The van der Waals surface area contributed by atoms with Crippen LogP contribution in [0.3, 0.4) is 0 Å². The topological polar surface area (TPSA) is 87.7 Å². The summed E-state index contributed by atoms with van der Waals surface area (Å²) in [5, 5.41) is 10.2. The summed E-state index contributed by atoms with van der Waals surface area (Å²) in [6.45, 7) is 1.46. The number of nitrogens with one attached hydrogen (secondary N) is 2. The van der Waals surface area contributed by atoms with Crippen molar-refractivity contribution >= 4 is 29.1 Å². The predicted octanol–water partition coefficient (Wildman–Crippen LogP) is 3.41. The fraction of sp³-hybridized carbons (Fsp3) is 0.111. The van der Waals surface area contributed by atoms with Crippen molar-refractivity contribution in [2.45, 2.75) is 12.1 Å². The van der Waals surface area contributed by atoms with Gasteiger partial charge in [-0.2, -0.15) is 0 Å². The van der Waals surface area contributed by atoms with Crippen molar-refractivity contribution in [3.05, 3.63) is 60.2 Å². The summed E-state index contributed by atoms with van der Waals surface area (Å²) in [6.07, 6.45) is 0. The zero-order valence-electron chi connectivity index (χ0n) is 13.5. The summed E-state index contributed by atoms with van der Waals surface area (Å²) < 4.78 is 0. The maximum Gasteiger partial charge on any atom is 0.221 e. The Morgan fingerprint density at radius 2 is 1.80 bits per heavy atom. The Bertz CT molecular complexity index is 876. The first-order chi connectivity index (χ1) is 12.1. The number of benzene rings is 2. The first-order valence-corrected chi connectivity index (χ1v) is 8.62. The van der Waals surface area contributed by atoms with Crippen LogP contribution in [0.25, 0.3) is 11.4 Å². The maximum absolute atomic E-state index is 12.1. The van der Waals surface area contributed by atoms with Crippen molar-refractivity contribution < 1.29 is 9.59 Å². The Morgan fingerprint density at radius 1 is 1.08 bits per heavy atom. The number of hydrogen-bond donors (Lipinski definition) is 2. The molecule has 0 fully saturated rings. The molecule has 2 N–H and O–H groups in total.